The molecule has 3 N–H and O–H groups in total. The van der Waals surface area contributed by atoms with Crippen LogP contribution in [0.3, 0.4) is 0 Å². The summed E-state index contributed by atoms with van der Waals surface area (Å²) in [6, 6.07) is 10.3. The quantitative estimate of drug-likeness (QED) is 0.572. The van der Waals surface area contributed by atoms with Crippen molar-refractivity contribution in [1.29, 1.82) is 0 Å². The number of anilines is 2. The Morgan fingerprint density at radius 2 is 2.04 bits per heavy atom. The number of rotatable bonds is 5. The van der Waals surface area contributed by atoms with Crippen molar-refractivity contribution in [3.63, 3.8) is 0 Å². The van der Waals surface area contributed by atoms with Gasteiger partial charge in [0.15, 0.2) is 5.13 Å². The highest BCUT2D eigenvalue weighted by Gasteiger charge is 2.16. The number of nitrogens with zero attached hydrogens (tertiary/aromatic N) is 1. The summed E-state index contributed by atoms with van der Waals surface area (Å²) >= 11 is 8.60. The number of carbonyl (C=O) groups is 2. The summed E-state index contributed by atoms with van der Waals surface area (Å²) in [5.41, 5.74) is 1.13. The SMILES string of the molecule is Cc1nc(NC(=O)Nc2cccc(Cl)c2)sc1C(=O)NCc1cccs1. The number of nitrogens with one attached hydrogen (secondary N) is 3. The van der Waals surface area contributed by atoms with Crippen molar-refractivity contribution < 1.29 is 9.59 Å². The van der Waals surface area contributed by atoms with Crippen LogP contribution in [-0.2, 0) is 6.54 Å². The predicted octanol–water partition coefficient (Wildman–Crippen LogP) is 4.74. The highest BCUT2D eigenvalue weighted by molar-refractivity contribution is 7.17. The Bertz CT molecular complexity index is 925. The monoisotopic (exact) mass is 406 g/mol. The first-order valence-corrected chi connectivity index (χ1v) is 9.70. The Morgan fingerprint density at radius 1 is 1.19 bits per heavy atom. The molecule has 2 aromatic heterocycles. The third-order valence-electron chi connectivity index (χ3n) is 3.31. The number of halogens is 1. The Labute approximate surface area is 163 Å². The second kappa shape index (κ2) is 8.31. The third kappa shape index (κ3) is 4.81. The molecule has 0 aliphatic carbocycles. The van der Waals surface area contributed by atoms with Gasteiger partial charge in [0.2, 0.25) is 0 Å². The van der Waals surface area contributed by atoms with Crippen LogP contribution in [0, 0.1) is 6.92 Å². The number of thiazole rings is 1. The van der Waals surface area contributed by atoms with E-state index in [1.54, 1.807) is 42.5 Å². The van der Waals surface area contributed by atoms with Crippen molar-refractivity contribution in [3.05, 3.63) is 62.2 Å². The molecule has 0 fully saturated rings. The first kappa shape index (κ1) is 18.4. The number of carbonyl (C=O) groups excluding carboxylic acids is 2. The van der Waals surface area contributed by atoms with Gasteiger partial charge in [-0.05, 0) is 36.6 Å². The van der Waals surface area contributed by atoms with Crippen LogP contribution in [0.5, 0.6) is 0 Å². The zero-order valence-electron chi connectivity index (χ0n) is 13.7. The van der Waals surface area contributed by atoms with E-state index in [9.17, 15) is 9.59 Å². The lowest BCUT2D eigenvalue weighted by atomic mass is 10.3. The molecule has 0 radical (unpaired) electrons. The van der Waals surface area contributed by atoms with Gasteiger partial charge < -0.3 is 10.6 Å². The van der Waals surface area contributed by atoms with Gasteiger partial charge >= 0.3 is 6.03 Å². The van der Waals surface area contributed by atoms with Crippen LogP contribution < -0.4 is 16.0 Å². The topological polar surface area (TPSA) is 83.1 Å². The van der Waals surface area contributed by atoms with E-state index in [2.05, 4.69) is 20.9 Å². The van der Waals surface area contributed by atoms with Crippen LogP contribution in [-0.4, -0.2) is 16.9 Å². The van der Waals surface area contributed by atoms with Gasteiger partial charge in [-0.2, -0.15) is 0 Å². The molecule has 26 heavy (non-hydrogen) atoms. The second-order valence-corrected chi connectivity index (χ2v) is 7.75. The molecule has 0 saturated heterocycles. The zero-order valence-corrected chi connectivity index (χ0v) is 16.1. The molecule has 3 rings (SSSR count). The summed E-state index contributed by atoms with van der Waals surface area (Å²) in [7, 11) is 0. The number of urea groups is 1. The van der Waals surface area contributed by atoms with Crippen LogP contribution in [0.25, 0.3) is 0 Å². The molecule has 3 amide bonds. The summed E-state index contributed by atoms with van der Waals surface area (Å²) in [5, 5.41) is 11.0. The number of thiophene rings is 1. The largest absolute Gasteiger partial charge is 0.346 e. The van der Waals surface area contributed by atoms with Crippen LogP contribution in [0.15, 0.2) is 41.8 Å². The smallest absolute Gasteiger partial charge is 0.325 e. The summed E-state index contributed by atoms with van der Waals surface area (Å²) in [6.07, 6.45) is 0. The minimum Gasteiger partial charge on any atom is -0.346 e. The van der Waals surface area contributed by atoms with Gasteiger partial charge in [0, 0.05) is 15.6 Å². The van der Waals surface area contributed by atoms with E-state index in [-0.39, 0.29) is 5.91 Å². The van der Waals surface area contributed by atoms with E-state index in [1.165, 1.54) is 0 Å². The molecular weight excluding hydrogens is 392 g/mol. The molecule has 9 heteroatoms. The second-order valence-electron chi connectivity index (χ2n) is 5.29. The van der Waals surface area contributed by atoms with Crippen LogP contribution in [0.2, 0.25) is 5.02 Å². The van der Waals surface area contributed by atoms with Gasteiger partial charge in [-0.25, -0.2) is 9.78 Å². The van der Waals surface area contributed by atoms with Crippen molar-refractivity contribution >= 4 is 57.0 Å². The third-order valence-corrected chi connectivity index (χ3v) is 5.49. The summed E-state index contributed by atoms with van der Waals surface area (Å²) in [6.45, 7) is 2.20. The number of hydrogen-bond donors (Lipinski definition) is 3. The molecule has 0 atom stereocenters. The maximum absolute atomic E-state index is 12.3. The maximum Gasteiger partial charge on any atom is 0.325 e. The lowest BCUT2D eigenvalue weighted by Crippen LogP contribution is -2.22. The normalized spacial score (nSPS) is 10.4. The lowest BCUT2D eigenvalue weighted by Gasteiger charge is -2.05. The first-order chi connectivity index (χ1) is 12.5. The number of aromatic nitrogens is 1. The Kier molecular flexibility index (Phi) is 5.87. The summed E-state index contributed by atoms with van der Waals surface area (Å²) in [4.78, 5) is 30.2. The van der Waals surface area contributed by atoms with E-state index in [1.807, 2.05) is 17.5 Å². The van der Waals surface area contributed by atoms with Gasteiger partial charge in [0.25, 0.3) is 5.91 Å². The van der Waals surface area contributed by atoms with Crippen LogP contribution in [0.1, 0.15) is 20.2 Å². The van der Waals surface area contributed by atoms with E-state index < -0.39 is 6.03 Å². The zero-order chi connectivity index (χ0) is 18.5. The molecule has 0 unspecified atom stereocenters. The maximum atomic E-state index is 12.3. The van der Waals surface area contributed by atoms with Crippen molar-refractivity contribution in [3.8, 4) is 0 Å². The van der Waals surface area contributed by atoms with Gasteiger partial charge in [0.1, 0.15) is 4.88 Å². The average Bonchev–Trinajstić information content (AvgIpc) is 3.22. The molecular formula is C17H15ClN4O2S2. The fraction of sp³-hybridized carbons (Fsp3) is 0.118. The van der Waals surface area contributed by atoms with E-state index in [0.29, 0.717) is 33.0 Å². The molecule has 0 bridgehead atoms. The van der Waals surface area contributed by atoms with Crippen molar-refractivity contribution in [2.75, 3.05) is 10.6 Å². The van der Waals surface area contributed by atoms with Crippen molar-refractivity contribution in [2.24, 2.45) is 0 Å². The molecule has 0 saturated carbocycles. The Balaban J connectivity index is 1.60. The molecule has 6 nitrogen and oxygen atoms in total. The number of aryl methyl sites for hydroxylation is 1. The molecule has 0 aliphatic heterocycles. The summed E-state index contributed by atoms with van der Waals surface area (Å²) in [5.74, 6) is -0.211. The fourth-order valence-electron chi connectivity index (χ4n) is 2.15. The van der Waals surface area contributed by atoms with E-state index in [0.717, 1.165) is 16.2 Å². The predicted molar refractivity (Wildman–Crippen MR) is 106 cm³/mol. The Hall–Kier alpha value is -2.42. The minimum atomic E-state index is -0.452. The molecule has 0 spiro atoms. The first-order valence-electron chi connectivity index (χ1n) is 7.63. The van der Waals surface area contributed by atoms with Crippen LogP contribution >= 0.6 is 34.3 Å². The fourth-order valence-corrected chi connectivity index (χ4v) is 3.86. The molecule has 1 aromatic carbocycles. The van der Waals surface area contributed by atoms with Gasteiger partial charge in [-0.3, -0.25) is 10.1 Å². The number of benzene rings is 1. The standard InChI is InChI=1S/C17H15ClN4O2S2/c1-10-14(15(23)19-9-13-6-3-7-25-13)26-17(20-10)22-16(24)21-12-5-2-4-11(18)8-12/h2-8H,9H2,1H3,(H,19,23)(H2,20,21,22,24). The minimum absolute atomic E-state index is 0.211. The van der Waals surface area contributed by atoms with E-state index >= 15 is 0 Å². The average molecular weight is 407 g/mol. The number of hydrogen-bond acceptors (Lipinski definition) is 5. The van der Waals surface area contributed by atoms with Crippen LogP contribution in [0.4, 0.5) is 15.6 Å². The lowest BCUT2D eigenvalue weighted by molar-refractivity contribution is 0.0954. The highest BCUT2D eigenvalue weighted by Crippen LogP contribution is 2.23. The highest BCUT2D eigenvalue weighted by atomic mass is 35.5. The molecule has 0 aliphatic rings. The van der Waals surface area contributed by atoms with Gasteiger partial charge in [-0.1, -0.05) is 35.1 Å². The van der Waals surface area contributed by atoms with Crippen molar-refractivity contribution in [2.45, 2.75) is 13.5 Å². The van der Waals surface area contributed by atoms with Gasteiger partial charge in [-0.15, -0.1) is 11.3 Å². The Morgan fingerprint density at radius 3 is 2.77 bits per heavy atom. The number of amides is 3. The summed E-state index contributed by atoms with van der Waals surface area (Å²) < 4.78 is 0. The van der Waals surface area contributed by atoms with E-state index in [4.69, 9.17) is 11.6 Å². The molecule has 2 heterocycles. The molecule has 134 valence electrons. The van der Waals surface area contributed by atoms with Gasteiger partial charge in [0.05, 0.1) is 12.2 Å². The van der Waals surface area contributed by atoms with Crippen molar-refractivity contribution in [1.82, 2.24) is 10.3 Å². The molecule has 3 aromatic rings.